The van der Waals surface area contributed by atoms with Crippen LogP contribution in [0.15, 0.2) is 97.1 Å². The van der Waals surface area contributed by atoms with Crippen LogP contribution in [0.1, 0.15) is 77.6 Å². The fraction of sp³-hybridized carbons (Fsp3) is 0.364. The number of rotatable bonds is 20. The molecule has 0 fully saturated rings. The Bertz CT molecular complexity index is 2190. The monoisotopic (exact) mass is 849 g/mol. The van der Waals surface area contributed by atoms with Crippen molar-refractivity contribution in [3.8, 4) is 0 Å². The molecule has 0 aliphatic carbocycles. The van der Waals surface area contributed by atoms with Gasteiger partial charge in [-0.2, -0.15) is 0 Å². The van der Waals surface area contributed by atoms with Crippen molar-refractivity contribution in [1.82, 2.24) is 21.3 Å². The SMILES string of the molecule is CC(C)[C@H](NC(=O)[C@H](C)C[C@H](O)[C@H](COCc1cc(F)cc(F)c1)NC(=O)c1cc(C(=O)N[C@H](C)c2ccccc2)cc(N(C)S(C)(=O)=O)c1)C(=O)NCc1ccccc1. The van der Waals surface area contributed by atoms with E-state index in [0.29, 0.717) is 6.07 Å². The number of nitrogens with zero attached hydrogens (tertiary/aromatic N) is 1. The Hall–Kier alpha value is -5.71. The first-order valence-corrected chi connectivity index (χ1v) is 21.3. The van der Waals surface area contributed by atoms with Crippen molar-refractivity contribution in [3.63, 3.8) is 0 Å². The number of halogens is 2. The van der Waals surface area contributed by atoms with Gasteiger partial charge in [0.25, 0.3) is 11.8 Å². The van der Waals surface area contributed by atoms with Gasteiger partial charge in [-0.3, -0.25) is 23.5 Å². The lowest BCUT2D eigenvalue weighted by molar-refractivity contribution is -0.132. The third-order valence-corrected chi connectivity index (χ3v) is 11.0. The van der Waals surface area contributed by atoms with E-state index in [1.165, 1.54) is 25.2 Å². The van der Waals surface area contributed by atoms with Crippen LogP contribution in [0.4, 0.5) is 14.5 Å². The predicted octanol–water partition coefficient (Wildman–Crippen LogP) is 5.01. The smallest absolute Gasteiger partial charge is 0.251 e. The normalized spacial score (nSPS) is 14.0. The van der Waals surface area contributed by atoms with Crippen LogP contribution < -0.4 is 25.6 Å². The summed E-state index contributed by atoms with van der Waals surface area (Å²) in [4.78, 5) is 54.2. The van der Waals surface area contributed by atoms with E-state index in [1.54, 1.807) is 27.7 Å². The quantitative estimate of drug-likeness (QED) is 0.0823. The van der Waals surface area contributed by atoms with Crippen molar-refractivity contribution in [3.05, 3.63) is 137 Å². The molecule has 0 unspecified atom stereocenters. The molecule has 0 saturated carbocycles. The van der Waals surface area contributed by atoms with Crippen LogP contribution >= 0.6 is 0 Å². The van der Waals surface area contributed by atoms with Crippen molar-refractivity contribution < 1.29 is 46.2 Å². The van der Waals surface area contributed by atoms with E-state index in [1.807, 2.05) is 60.7 Å². The second-order valence-corrected chi connectivity index (χ2v) is 17.1. The number of carbonyl (C=O) groups is 4. The van der Waals surface area contributed by atoms with Gasteiger partial charge in [-0.25, -0.2) is 17.2 Å². The maximum absolute atomic E-state index is 14.0. The van der Waals surface area contributed by atoms with Crippen LogP contribution in [0.2, 0.25) is 0 Å². The molecule has 0 saturated heterocycles. The van der Waals surface area contributed by atoms with Crippen molar-refractivity contribution in [1.29, 1.82) is 0 Å². The molecule has 0 bridgehead atoms. The highest BCUT2D eigenvalue weighted by Crippen LogP contribution is 2.23. The fourth-order valence-electron chi connectivity index (χ4n) is 6.21. The van der Waals surface area contributed by atoms with E-state index >= 15 is 0 Å². The van der Waals surface area contributed by atoms with Gasteiger partial charge in [0.05, 0.1) is 43.3 Å². The maximum Gasteiger partial charge on any atom is 0.251 e. The number of ether oxygens (including phenoxy) is 1. The van der Waals surface area contributed by atoms with Gasteiger partial charge in [0.1, 0.15) is 17.7 Å². The summed E-state index contributed by atoms with van der Waals surface area (Å²) in [5.41, 5.74) is 1.65. The summed E-state index contributed by atoms with van der Waals surface area (Å²) in [5, 5.41) is 22.7. The Labute approximate surface area is 350 Å². The van der Waals surface area contributed by atoms with Crippen molar-refractivity contribution in [2.24, 2.45) is 11.8 Å². The Morgan fingerprint density at radius 3 is 1.88 bits per heavy atom. The first-order chi connectivity index (χ1) is 28.3. The van der Waals surface area contributed by atoms with E-state index in [2.05, 4.69) is 21.3 Å². The molecular weight excluding hydrogens is 797 g/mol. The molecule has 4 aromatic rings. The minimum Gasteiger partial charge on any atom is -0.391 e. The number of benzene rings is 4. The lowest BCUT2D eigenvalue weighted by atomic mass is 9.96. The minimum absolute atomic E-state index is 0.00180. The number of aliphatic hydroxyl groups is 1. The van der Waals surface area contributed by atoms with Gasteiger partial charge in [0.2, 0.25) is 21.8 Å². The molecule has 5 N–H and O–H groups in total. The largest absolute Gasteiger partial charge is 0.391 e. The molecule has 0 aliphatic heterocycles. The third kappa shape index (κ3) is 14.0. The van der Waals surface area contributed by atoms with Crippen LogP contribution in [0.25, 0.3) is 0 Å². The summed E-state index contributed by atoms with van der Waals surface area (Å²) in [6, 6.07) is 22.5. The molecule has 5 atom stereocenters. The summed E-state index contributed by atoms with van der Waals surface area (Å²) in [6.45, 7) is 6.41. The lowest BCUT2D eigenvalue weighted by Gasteiger charge is -2.28. The van der Waals surface area contributed by atoms with E-state index in [-0.39, 0.29) is 47.9 Å². The van der Waals surface area contributed by atoms with E-state index in [0.717, 1.165) is 33.8 Å². The first-order valence-electron chi connectivity index (χ1n) is 19.4. The molecule has 0 radical (unpaired) electrons. The zero-order valence-corrected chi connectivity index (χ0v) is 35.3. The van der Waals surface area contributed by atoms with Crippen molar-refractivity contribution in [2.75, 3.05) is 24.2 Å². The Morgan fingerprint density at radius 2 is 1.32 bits per heavy atom. The molecule has 322 valence electrons. The molecule has 60 heavy (non-hydrogen) atoms. The van der Waals surface area contributed by atoms with Gasteiger partial charge in [-0.15, -0.1) is 0 Å². The standard InChI is InChI=1S/C44H53F2N5O8S/c1-27(2)40(44(56)47-24-30-13-9-7-10-14-30)50-41(53)28(3)17-39(52)38(26-59-25-31-18-35(45)23-36(46)19-31)49-43(55)34-20-33(21-37(22-34)51(5)60(6,57)58)42(54)48-29(4)32-15-11-8-12-16-32/h7-16,18-23,27-29,38-40,52H,17,24-26H2,1-6H3,(H,47,56)(H,48,54)(H,49,55)(H,50,53)/t28-,29-,38+,39+,40+/m1/s1. The predicted molar refractivity (Wildman–Crippen MR) is 224 cm³/mol. The third-order valence-electron chi connectivity index (χ3n) is 9.82. The van der Waals surface area contributed by atoms with Gasteiger partial charge in [-0.1, -0.05) is 81.4 Å². The molecular formula is C44H53F2N5O8S. The molecule has 0 aromatic heterocycles. The highest BCUT2D eigenvalue weighted by molar-refractivity contribution is 7.92. The number of anilines is 1. The van der Waals surface area contributed by atoms with Gasteiger partial charge in [-0.05, 0) is 66.3 Å². The Balaban J connectivity index is 1.56. The second kappa shape index (κ2) is 21.5. The van der Waals surface area contributed by atoms with Crippen molar-refractivity contribution in [2.45, 2.75) is 71.5 Å². The van der Waals surface area contributed by atoms with E-state index in [4.69, 9.17) is 4.74 Å². The summed E-state index contributed by atoms with van der Waals surface area (Å²) in [7, 11) is -2.59. The molecule has 13 nitrogen and oxygen atoms in total. The number of sulfonamides is 1. The number of carbonyl (C=O) groups excluding carboxylic acids is 4. The van der Waals surface area contributed by atoms with Gasteiger partial charge in [0, 0.05) is 36.7 Å². The number of amides is 4. The average Bonchev–Trinajstić information content (AvgIpc) is 3.20. The average molecular weight is 850 g/mol. The summed E-state index contributed by atoms with van der Waals surface area (Å²) < 4.78 is 59.6. The number of aliphatic hydroxyl groups excluding tert-OH is 1. The summed E-state index contributed by atoms with van der Waals surface area (Å²) in [6.07, 6.45) is -0.726. The number of nitrogens with one attached hydrogen (secondary N) is 4. The topological polar surface area (TPSA) is 183 Å². The van der Waals surface area contributed by atoms with Crippen LogP contribution in [0, 0.1) is 23.5 Å². The molecule has 0 heterocycles. The van der Waals surface area contributed by atoms with Gasteiger partial charge < -0.3 is 31.1 Å². The lowest BCUT2D eigenvalue weighted by Crippen LogP contribution is -2.52. The zero-order chi connectivity index (χ0) is 44.1. The van der Waals surface area contributed by atoms with Gasteiger partial charge >= 0.3 is 0 Å². The Morgan fingerprint density at radius 1 is 0.750 bits per heavy atom. The molecule has 4 amide bonds. The molecule has 4 aromatic carbocycles. The molecule has 4 rings (SSSR count). The van der Waals surface area contributed by atoms with Crippen LogP contribution in [0.5, 0.6) is 0 Å². The molecule has 16 heteroatoms. The zero-order valence-electron chi connectivity index (χ0n) is 34.4. The summed E-state index contributed by atoms with van der Waals surface area (Å²) in [5.74, 6) is -5.21. The highest BCUT2D eigenvalue weighted by Gasteiger charge is 2.31. The minimum atomic E-state index is -3.85. The first kappa shape index (κ1) is 47.0. The maximum atomic E-state index is 14.0. The Kier molecular flexibility index (Phi) is 16.8. The summed E-state index contributed by atoms with van der Waals surface area (Å²) >= 11 is 0. The van der Waals surface area contributed by atoms with Crippen molar-refractivity contribution >= 4 is 39.3 Å². The number of hydrogen-bond donors (Lipinski definition) is 5. The van der Waals surface area contributed by atoms with Gasteiger partial charge in [0.15, 0.2) is 0 Å². The second-order valence-electron chi connectivity index (χ2n) is 15.1. The van der Waals surface area contributed by atoms with Crippen LogP contribution in [0.3, 0.4) is 0 Å². The van der Waals surface area contributed by atoms with Crippen LogP contribution in [-0.2, 0) is 37.5 Å². The molecule has 0 spiro atoms. The molecule has 0 aliphatic rings. The van der Waals surface area contributed by atoms with E-state index in [9.17, 15) is 41.5 Å². The van der Waals surface area contributed by atoms with Crippen LogP contribution in [-0.4, -0.2) is 75.3 Å². The number of hydrogen-bond acceptors (Lipinski definition) is 8. The highest BCUT2D eigenvalue weighted by atomic mass is 32.2. The van der Waals surface area contributed by atoms with E-state index < -0.39 is 82.0 Å². The fourth-order valence-corrected chi connectivity index (χ4v) is 6.70.